The topological polar surface area (TPSA) is 162 Å². The predicted molar refractivity (Wildman–Crippen MR) is 246 cm³/mol. The molecule has 7 rings (SSSR count). The second kappa shape index (κ2) is 19.6. The zero-order valence-corrected chi connectivity index (χ0v) is 38.1. The fourth-order valence-corrected chi connectivity index (χ4v) is 10.1. The number of anilines is 5. The SMILES string of the molecule is CCc1cc(Nc2ncc(Br)c(Nc3ccc4nc(C)ccc4c3P(C)(C)=O)n2)c(OC)cc1N1CCC(NCCNCCc2cc(F)c(C3CCC(=O)NC3=O)c(F)c2)CC1. The number of nitrogens with zero attached hydrogens (tertiary/aromatic N) is 4. The molecule has 0 radical (unpaired) electrons. The van der Waals surface area contributed by atoms with E-state index < -0.39 is 36.5 Å². The monoisotopic (exact) mass is 931 g/mol. The second-order valence-electron chi connectivity index (χ2n) is 16.2. The Hall–Kier alpha value is -5.02. The molecule has 3 aromatic carbocycles. The van der Waals surface area contributed by atoms with Crippen LogP contribution in [0.2, 0.25) is 0 Å². The number of nitrogens with one attached hydrogen (secondary N) is 5. The van der Waals surface area contributed by atoms with E-state index in [9.17, 15) is 22.9 Å². The number of rotatable bonds is 16. The minimum Gasteiger partial charge on any atom is -0.494 e. The number of fused-ring (bicyclic) bond motifs is 1. The van der Waals surface area contributed by atoms with Crippen LogP contribution in [-0.2, 0) is 27.0 Å². The maximum Gasteiger partial charge on any atom is 0.234 e. The molecule has 328 valence electrons. The molecule has 17 heteroatoms. The smallest absolute Gasteiger partial charge is 0.234 e. The van der Waals surface area contributed by atoms with Gasteiger partial charge in [0.2, 0.25) is 17.8 Å². The number of amides is 2. The lowest BCUT2D eigenvalue weighted by Crippen LogP contribution is -2.44. The Labute approximate surface area is 369 Å². The van der Waals surface area contributed by atoms with Crippen molar-refractivity contribution in [3.05, 3.63) is 93.2 Å². The maximum atomic E-state index is 14.9. The molecular weight excluding hydrogens is 879 g/mol. The number of pyridine rings is 1. The Balaban J connectivity index is 0.921. The van der Waals surface area contributed by atoms with Gasteiger partial charge >= 0.3 is 0 Å². The molecule has 4 heterocycles. The van der Waals surface area contributed by atoms with Gasteiger partial charge in [-0.25, -0.2) is 13.8 Å². The van der Waals surface area contributed by atoms with Gasteiger partial charge in [0.25, 0.3) is 0 Å². The normalized spacial score (nSPS) is 16.1. The van der Waals surface area contributed by atoms with Crippen molar-refractivity contribution in [3.8, 4) is 5.75 Å². The molecule has 2 fully saturated rings. The molecule has 2 aliphatic heterocycles. The minimum absolute atomic E-state index is 0.0565. The van der Waals surface area contributed by atoms with Crippen molar-refractivity contribution in [2.24, 2.45) is 0 Å². The van der Waals surface area contributed by atoms with Crippen molar-refractivity contribution in [1.29, 1.82) is 0 Å². The fourth-order valence-electron chi connectivity index (χ4n) is 8.32. The number of hydrogen-bond donors (Lipinski definition) is 5. The van der Waals surface area contributed by atoms with Crippen molar-refractivity contribution in [2.45, 2.75) is 64.3 Å². The zero-order chi connectivity index (χ0) is 44.1. The first-order chi connectivity index (χ1) is 29.7. The summed E-state index contributed by atoms with van der Waals surface area (Å²) in [5.41, 5.74) is 5.63. The van der Waals surface area contributed by atoms with Gasteiger partial charge in [0.1, 0.15) is 30.3 Å². The minimum atomic E-state index is -2.74. The molecule has 0 bridgehead atoms. The summed E-state index contributed by atoms with van der Waals surface area (Å²) in [4.78, 5) is 40.0. The number of benzene rings is 3. The van der Waals surface area contributed by atoms with Gasteiger partial charge in [-0.1, -0.05) is 13.0 Å². The Kier molecular flexibility index (Phi) is 14.2. The van der Waals surface area contributed by atoms with Crippen molar-refractivity contribution in [2.75, 3.05) is 68.7 Å². The van der Waals surface area contributed by atoms with Gasteiger partial charge < -0.3 is 35.5 Å². The summed E-state index contributed by atoms with van der Waals surface area (Å²) in [5, 5.41) is 17.5. The lowest BCUT2D eigenvalue weighted by molar-refractivity contribution is -0.134. The van der Waals surface area contributed by atoms with Gasteiger partial charge in [0, 0.05) is 78.5 Å². The molecule has 0 aliphatic carbocycles. The molecule has 1 unspecified atom stereocenters. The van der Waals surface area contributed by atoms with Gasteiger partial charge in [-0.15, -0.1) is 0 Å². The molecule has 1 atom stereocenters. The van der Waals surface area contributed by atoms with Crippen molar-refractivity contribution >= 4 is 79.9 Å². The molecule has 2 aliphatic rings. The van der Waals surface area contributed by atoms with Gasteiger partial charge in [0.05, 0.1) is 34.4 Å². The highest BCUT2D eigenvalue weighted by molar-refractivity contribution is 9.10. The van der Waals surface area contributed by atoms with Crippen LogP contribution in [0.4, 0.5) is 37.6 Å². The lowest BCUT2D eigenvalue weighted by Gasteiger charge is -2.35. The highest BCUT2D eigenvalue weighted by atomic mass is 79.9. The molecule has 2 aromatic heterocycles. The van der Waals surface area contributed by atoms with Crippen LogP contribution < -0.4 is 41.5 Å². The summed E-state index contributed by atoms with van der Waals surface area (Å²) in [6.45, 7) is 11.3. The van der Waals surface area contributed by atoms with E-state index in [0.717, 1.165) is 72.4 Å². The van der Waals surface area contributed by atoms with Crippen LogP contribution in [0.1, 0.15) is 60.9 Å². The molecule has 5 N–H and O–H groups in total. The number of hydrogen-bond acceptors (Lipinski definition) is 12. The maximum absolute atomic E-state index is 14.9. The van der Waals surface area contributed by atoms with E-state index in [1.165, 1.54) is 12.1 Å². The predicted octanol–water partition coefficient (Wildman–Crippen LogP) is 7.59. The van der Waals surface area contributed by atoms with Gasteiger partial charge in [0.15, 0.2) is 0 Å². The van der Waals surface area contributed by atoms with Crippen LogP contribution in [0.15, 0.2) is 59.2 Å². The first-order valence-corrected chi connectivity index (χ1v) is 24.4. The Morgan fingerprint density at radius 3 is 2.40 bits per heavy atom. The quantitative estimate of drug-likeness (QED) is 0.0375. The fraction of sp³-hybridized carbons (Fsp3) is 0.400. The van der Waals surface area contributed by atoms with Crippen molar-refractivity contribution < 1.29 is 27.7 Å². The molecule has 2 amide bonds. The highest BCUT2D eigenvalue weighted by Crippen LogP contribution is 2.42. The summed E-state index contributed by atoms with van der Waals surface area (Å²) >= 11 is 3.60. The second-order valence-corrected chi connectivity index (χ2v) is 20.2. The summed E-state index contributed by atoms with van der Waals surface area (Å²) in [6, 6.07) is 14.8. The van der Waals surface area contributed by atoms with Crippen molar-refractivity contribution in [3.63, 3.8) is 0 Å². The van der Waals surface area contributed by atoms with Crippen LogP contribution in [0.5, 0.6) is 5.75 Å². The van der Waals surface area contributed by atoms with Crippen LogP contribution in [0.25, 0.3) is 10.9 Å². The summed E-state index contributed by atoms with van der Waals surface area (Å²) < 4.78 is 50.0. The molecule has 2 saturated heterocycles. The van der Waals surface area contributed by atoms with E-state index >= 15 is 0 Å². The largest absolute Gasteiger partial charge is 0.494 e. The van der Waals surface area contributed by atoms with E-state index in [2.05, 4.69) is 76.4 Å². The average Bonchev–Trinajstić information content (AvgIpc) is 3.23. The number of piperidine rings is 2. The van der Waals surface area contributed by atoms with Crippen LogP contribution in [-0.4, -0.2) is 86.0 Å². The number of methoxy groups -OCH3 is 1. The number of carbonyl (C=O) groups excluding carboxylic acids is 2. The van der Waals surface area contributed by atoms with E-state index in [1.807, 2.05) is 31.2 Å². The molecule has 62 heavy (non-hydrogen) atoms. The Morgan fingerprint density at radius 2 is 1.71 bits per heavy atom. The molecule has 0 saturated carbocycles. The van der Waals surface area contributed by atoms with E-state index in [1.54, 1.807) is 26.6 Å². The lowest BCUT2D eigenvalue weighted by atomic mass is 9.89. The third-order valence-electron chi connectivity index (χ3n) is 11.4. The zero-order valence-electron chi connectivity index (χ0n) is 35.6. The molecule has 5 aromatic rings. The summed E-state index contributed by atoms with van der Waals surface area (Å²) in [5.74, 6) is -2.06. The molecular formula is C45H53BrF2N9O4P. The first kappa shape index (κ1) is 45.0. The number of carbonyl (C=O) groups is 2. The Morgan fingerprint density at radius 1 is 0.952 bits per heavy atom. The standard InChI is InChI=1S/C45H53BrF2N9O4P/c1-6-28-23-37(54-45-51-25-32(46)43(56-45)53-36-11-10-35-30(8-7-26(2)52-35)42(36)62(4,5)60)39(61-3)24-38(28)57-19-14-29(15-20-57)50-18-17-49-16-13-27-21-33(47)41(34(48)22-27)31-9-12-40(58)55-44(31)59/h7-8,10-11,21-25,29,31,49-50H,6,9,12-20H2,1-5H3,(H,55,58,59)(H2,51,53,54,56). The van der Waals surface area contributed by atoms with Gasteiger partial charge in [-0.05, 0) is 122 Å². The Bertz CT molecular complexity index is 2510. The van der Waals surface area contributed by atoms with Crippen molar-refractivity contribution in [1.82, 2.24) is 30.9 Å². The average molecular weight is 933 g/mol. The number of halogens is 3. The van der Waals surface area contributed by atoms with E-state index in [0.29, 0.717) is 64.1 Å². The third kappa shape index (κ3) is 10.4. The number of aromatic nitrogens is 3. The van der Waals surface area contributed by atoms with Crippen LogP contribution >= 0.6 is 23.1 Å². The van der Waals surface area contributed by atoms with E-state index in [4.69, 9.17) is 9.72 Å². The third-order valence-corrected chi connectivity index (χ3v) is 13.6. The van der Waals surface area contributed by atoms with Gasteiger partial charge in [-0.2, -0.15) is 4.98 Å². The molecule has 0 spiro atoms. The number of aryl methyl sites for hydroxylation is 2. The summed E-state index contributed by atoms with van der Waals surface area (Å²) in [7, 11) is -1.09. The number of imide groups is 1. The van der Waals surface area contributed by atoms with Crippen LogP contribution in [0.3, 0.4) is 0 Å². The first-order valence-electron chi connectivity index (χ1n) is 21.0. The summed E-state index contributed by atoms with van der Waals surface area (Å²) in [6.07, 6.45) is 4.99. The van der Waals surface area contributed by atoms with Crippen LogP contribution in [0, 0.1) is 18.6 Å². The van der Waals surface area contributed by atoms with E-state index in [-0.39, 0.29) is 18.4 Å². The highest BCUT2D eigenvalue weighted by Gasteiger charge is 2.32. The number of ether oxygens (including phenoxy) is 1. The molecule has 13 nitrogen and oxygen atoms in total. The van der Waals surface area contributed by atoms with Gasteiger partial charge in [-0.3, -0.25) is 19.9 Å².